The number of aryl methyl sites for hydroxylation is 1. The topological polar surface area (TPSA) is 29.1 Å². The molecule has 78 valence electrons. The summed E-state index contributed by atoms with van der Waals surface area (Å²) < 4.78 is 11.8. The van der Waals surface area contributed by atoms with Gasteiger partial charge in [0.05, 0.1) is 10.8 Å². The van der Waals surface area contributed by atoms with Gasteiger partial charge in [0.15, 0.2) is 0 Å². The number of rotatable bonds is 5. The van der Waals surface area contributed by atoms with Gasteiger partial charge in [0.25, 0.3) is 0 Å². The van der Waals surface area contributed by atoms with Gasteiger partial charge in [-0.3, -0.25) is 4.21 Å². The maximum atomic E-state index is 11.8. The first-order valence-corrected chi connectivity index (χ1v) is 6.22. The van der Waals surface area contributed by atoms with Crippen LogP contribution in [0.25, 0.3) is 0 Å². The highest BCUT2D eigenvalue weighted by Crippen LogP contribution is 2.11. The lowest BCUT2D eigenvalue weighted by Crippen LogP contribution is -2.20. The van der Waals surface area contributed by atoms with Crippen molar-refractivity contribution in [2.75, 3.05) is 18.8 Å². The summed E-state index contributed by atoms with van der Waals surface area (Å²) in [6.45, 7) is 5.81. The van der Waals surface area contributed by atoms with Gasteiger partial charge in [-0.05, 0) is 25.1 Å². The number of hydrogen-bond acceptors (Lipinski definition) is 2. The van der Waals surface area contributed by atoms with Gasteiger partial charge in [0, 0.05) is 17.2 Å². The van der Waals surface area contributed by atoms with Gasteiger partial charge in [-0.2, -0.15) is 0 Å². The first-order chi connectivity index (χ1) is 6.75. The molecule has 0 aliphatic heterocycles. The van der Waals surface area contributed by atoms with E-state index in [-0.39, 0.29) is 0 Å². The van der Waals surface area contributed by atoms with E-state index in [1.54, 1.807) is 0 Å². The predicted octanol–water partition coefficient (Wildman–Crippen LogP) is 1.71. The zero-order chi connectivity index (χ0) is 10.4. The summed E-state index contributed by atoms with van der Waals surface area (Å²) in [6.07, 6.45) is 0. The third-order valence-corrected chi connectivity index (χ3v) is 3.58. The maximum Gasteiger partial charge on any atom is 0.0545 e. The molecular formula is C11H17NOS. The zero-order valence-corrected chi connectivity index (χ0v) is 9.56. The second-order valence-corrected chi connectivity index (χ2v) is 4.71. The molecule has 0 saturated carbocycles. The van der Waals surface area contributed by atoms with Crippen LogP contribution in [0.15, 0.2) is 29.2 Å². The molecule has 0 aliphatic carbocycles. The minimum absolute atomic E-state index is 0.693. The fourth-order valence-corrected chi connectivity index (χ4v) is 2.47. The third kappa shape index (κ3) is 3.24. The highest BCUT2D eigenvalue weighted by atomic mass is 32.2. The lowest BCUT2D eigenvalue weighted by molar-refractivity contribution is 0.676. The molecule has 14 heavy (non-hydrogen) atoms. The number of hydrogen-bond donors (Lipinski definition) is 1. The van der Waals surface area contributed by atoms with Crippen molar-refractivity contribution in [2.24, 2.45) is 0 Å². The van der Waals surface area contributed by atoms with Crippen LogP contribution in [-0.2, 0) is 10.8 Å². The quantitative estimate of drug-likeness (QED) is 0.751. The summed E-state index contributed by atoms with van der Waals surface area (Å²) in [5.74, 6) is 0.693. The SMILES string of the molecule is CCNCCS(=O)c1ccccc1C. The monoisotopic (exact) mass is 211 g/mol. The molecule has 0 amide bonds. The van der Waals surface area contributed by atoms with Crippen LogP contribution in [0.5, 0.6) is 0 Å². The highest BCUT2D eigenvalue weighted by molar-refractivity contribution is 7.85. The molecule has 2 nitrogen and oxygen atoms in total. The maximum absolute atomic E-state index is 11.8. The lowest BCUT2D eigenvalue weighted by Gasteiger charge is -2.05. The number of nitrogens with one attached hydrogen (secondary N) is 1. The standard InChI is InChI=1S/C11H17NOS/c1-3-12-8-9-14(13)11-7-5-4-6-10(11)2/h4-7,12H,3,8-9H2,1-2H3. The van der Waals surface area contributed by atoms with E-state index in [4.69, 9.17) is 0 Å². The van der Waals surface area contributed by atoms with Crippen molar-refractivity contribution in [3.05, 3.63) is 29.8 Å². The van der Waals surface area contributed by atoms with Crippen LogP contribution < -0.4 is 5.32 Å². The van der Waals surface area contributed by atoms with E-state index < -0.39 is 10.8 Å². The van der Waals surface area contributed by atoms with Gasteiger partial charge in [-0.25, -0.2) is 0 Å². The van der Waals surface area contributed by atoms with E-state index in [2.05, 4.69) is 12.2 Å². The van der Waals surface area contributed by atoms with Gasteiger partial charge in [-0.1, -0.05) is 25.1 Å². The Morgan fingerprint density at radius 2 is 2.07 bits per heavy atom. The first-order valence-electron chi connectivity index (χ1n) is 4.90. The largest absolute Gasteiger partial charge is 0.316 e. The van der Waals surface area contributed by atoms with Gasteiger partial charge >= 0.3 is 0 Å². The summed E-state index contributed by atoms with van der Waals surface area (Å²) in [5, 5.41) is 3.18. The average molecular weight is 211 g/mol. The molecule has 1 atom stereocenters. The molecule has 3 heteroatoms. The fourth-order valence-electron chi connectivity index (χ4n) is 1.26. The van der Waals surface area contributed by atoms with Crippen LogP contribution in [-0.4, -0.2) is 23.1 Å². The zero-order valence-electron chi connectivity index (χ0n) is 8.75. The predicted molar refractivity (Wildman–Crippen MR) is 61.0 cm³/mol. The summed E-state index contributed by atoms with van der Waals surface area (Å²) in [5.41, 5.74) is 1.11. The molecule has 0 aliphatic rings. The molecule has 0 saturated heterocycles. The van der Waals surface area contributed by atoms with Gasteiger partial charge in [0.2, 0.25) is 0 Å². The second kappa shape index (κ2) is 5.94. The van der Waals surface area contributed by atoms with Crippen molar-refractivity contribution in [1.82, 2.24) is 5.32 Å². The molecule has 1 rings (SSSR count). The van der Waals surface area contributed by atoms with Gasteiger partial charge < -0.3 is 5.32 Å². The minimum atomic E-state index is -0.859. The Bertz CT molecular complexity index is 312. The Balaban J connectivity index is 2.56. The van der Waals surface area contributed by atoms with E-state index in [1.165, 1.54) is 0 Å². The van der Waals surface area contributed by atoms with Gasteiger partial charge in [-0.15, -0.1) is 0 Å². The molecule has 0 bridgehead atoms. The molecular weight excluding hydrogens is 194 g/mol. The van der Waals surface area contributed by atoms with Crippen molar-refractivity contribution in [3.8, 4) is 0 Å². The third-order valence-electron chi connectivity index (χ3n) is 2.05. The summed E-state index contributed by atoms with van der Waals surface area (Å²) in [7, 11) is -0.859. The van der Waals surface area contributed by atoms with Crippen molar-refractivity contribution in [2.45, 2.75) is 18.7 Å². The molecule has 0 radical (unpaired) electrons. The molecule has 1 unspecified atom stereocenters. The fraction of sp³-hybridized carbons (Fsp3) is 0.455. The Hall–Kier alpha value is -0.670. The Morgan fingerprint density at radius 1 is 1.36 bits per heavy atom. The van der Waals surface area contributed by atoms with Crippen LogP contribution in [0.3, 0.4) is 0 Å². The van der Waals surface area contributed by atoms with Crippen LogP contribution in [0.1, 0.15) is 12.5 Å². The van der Waals surface area contributed by atoms with Crippen LogP contribution >= 0.6 is 0 Å². The van der Waals surface area contributed by atoms with E-state index in [9.17, 15) is 4.21 Å². The molecule has 1 N–H and O–H groups in total. The Labute approximate surface area is 88.2 Å². The van der Waals surface area contributed by atoms with Crippen LogP contribution in [0.2, 0.25) is 0 Å². The van der Waals surface area contributed by atoms with Crippen molar-refractivity contribution in [1.29, 1.82) is 0 Å². The number of benzene rings is 1. The summed E-state index contributed by atoms with van der Waals surface area (Å²) >= 11 is 0. The van der Waals surface area contributed by atoms with Gasteiger partial charge in [0.1, 0.15) is 0 Å². The first kappa shape index (κ1) is 11.4. The molecule has 1 aromatic carbocycles. The molecule has 0 aromatic heterocycles. The molecule has 1 aromatic rings. The Morgan fingerprint density at radius 3 is 2.71 bits per heavy atom. The average Bonchev–Trinajstić information content (AvgIpc) is 2.18. The van der Waals surface area contributed by atoms with E-state index in [0.717, 1.165) is 23.5 Å². The van der Waals surface area contributed by atoms with Crippen molar-refractivity contribution in [3.63, 3.8) is 0 Å². The summed E-state index contributed by atoms with van der Waals surface area (Å²) in [6, 6.07) is 7.85. The smallest absolute Gasteiger partial charge is 0.0545 e. The van der Waals surface area contributed by atoms with Crippen molar-refractivity contribution >= 4 is 10.8 Å². The molecule has 0 heterocycles. The Kier molecular flexibility index (Phi) is 4.84. The highest BCUT2D eigenvalue weighted by Gasteiger charge is 2.04. The summed E-state index contributed by atoms with van der Waals surface area (Å²) in [4.78, 5) is 0.963. The van der Waals surface area contributed by atoms with Crippen molar-refractivity contribution < 1.29 is 4.21 Å². The minimum Gasteiger partial charge on any atom is -0.316 e. The van der Waals surface area contributed by atoms with E-state index >= 15 is 0 Å². The molecule has 0 fully saturated rings. The van der Waals surface area contributed by atoms with E-state index in [1.807, 2.05) is 31.2 Å². The molecule has 0 spiro atoms. The van der Waals surface area contributed by atoms with Crippen LogP contribution in [0.4, 0.5) is 0 Å². The second-order valence-electron chi connectivity index (χ2n) is 3.17. The van der Waals surface area contributed by atoms with E-state index in [0.29, 0.717) is 5.75 Å². The lowest BCUT2D eigenvalue weighted by atomic mass is 10.2. The normalized spacial score (nSPS) is 12.7. The van der Waals surface area contributed by atoms with Crippen LogP contribution in [0, 0.1) is 6.92 Å².